The van der Waals surface area contributed by atoms with Crippen LogP contribution in [0.25, 0.3) is 0 Å². The molecule has 22 heavy (non-hydrogen) atoms. The van der Waals surface area contributed by atoms with Crippen molar-refractivity contribution in [3.05, 3.63) is 46.8 Å². The van der Waals surface area contributed by atoms with Crippen LogP contribution in [0.4, 0.5) is 5.69 Å². The molecule has 2 N–H and O–H groups in total. The second kappa shape index (κ2) is 6.92. The van der Waals surface area contributed by atoms with E-state index < -0.39 is 0 Å². The zero-order valence-electron chi connectivity index (χ0n) is 13.9. The Morgan fingerprint density at radius 3 is 2.68 bits per heavy atom. The number of thiocarbonyl (C=S) groups is 1. The van der Waals surface area contributed by atoms with Crippen molar-refractivity contribution in [1.29, 1.82) is 0 Å². The van der Waals surface area contributed by atoms with Crippen molar-refractivity contribution in [2.45, 2.75) is 47.2 Å². The van der Waals surface area contributed by atoms with E-state index in [0.29, 0.717) is 5.11 Å². The van der Waals surface area contributed by atoms with Crippen LogP contribution in [0.1, 0.15) is 42.3 Å². The Morgan fingerprint density at radius 2 is 2.05 bits per heavy atom. The fraction of sp³-hybridized carbons (Fsp3) is 0.412. The van der Waals surface area contributed by atoms with E-state index in [1.807, 2.05) is 11.6 Å². The molecule has 0 bridgehead atoms. The molecule has 0 saturated carbocycles. The van der Waals surface area contributed by atoms with Crippen molar-refractivity contribution in [3.63, 3.8) is 0 Å². The molecule has 118 valence electrons. The van der Waals surface area contributed by atoms with Crippen LogP contribution >= 0.6 is 12.2 Å². The van der Waals surface area contributed by atoms with Crippen LogP contribution in [-0.2, 0) is 6.54 Å². The van der Waals surface area contributed by atoms with Crippen LogP contribution in [0.5, 0.6) is 0 Å². The molecule has 0 saturated heterocycles. The monoisotopic (exact) mass is 316 g/mol. The highest BCUT2D eigenvalue weighted by molar-refractivity contribution is 7.80. The Balaban J connectivity index is 2.05. The molecule has 0 aliphatic heterocycles. The lowest BCUT2D eigenvalue weighted by Gasteiger charge is -2.18. The lowest BCUT2D eigenvalue weighted by Crippen LogP contribution is -2.31. The fourth-order valence-corrected chi connectivity index (χ4v) is 2.71. The summed E-state index contributed by atoms with van der Waals surface area (Å²) in [5.41, 5.74) is 5.65. The molecular formula is C17H24N4S. The maximum absolute atomic E-state index is 5.44. The van der Waals surface area contributed by atoms with Gasteiger partial charge in [-0.2, -0.15) is 5.10 Å². The summed E-state index contributed by atoms with van der Waals surface area (Å²) in [6.45, 7) is 11.2. The number of benzene rings is 1. The largest absolute Gasteiger partial charge is 0.356 e. The summed E-state index contributed by atoms with van der Waals surface area (Å²) in [7, 11) is 0. The molecule has 0 aliphatic rings. The Kier molecular flexibility index (Phi) is 5.19. The van der Waals surface area contributed by atoms with E-state index in [9.17, 15) is 0 Å². The first kappa shape index (κ1) is 16.5. The first-order valence-corrected chi connectivity index (χ1v) is 8.00. The van der Waals surface area contributed by atoms with Gasteiger partial charge in [0, 0.05) is 24.0 Å². The molecule has 0 aliphatic carbocycles. The average Bonchev–Trinajstić information content (AvgIpc) is 2.84. The highest BCUT2D eigenvalue weighted by Crippen LogP contribution is 2.18. The number of nitrogens with zero attached hydrogens (tertiary/aromatic N) is 2. The van der Waals surface area contributed by atoms with Gasteiger partial charge in [0.05, 0.1) is 11.7 Å². The maximum Gasteiger partial charge on any atom is 0.171 e. The van der Waals surface area contributed by atoms with Crippen LogP contribution in [0.3, 0.4) is 0 Å². The second-order valence-corrected chi connectivity index (χ2v) is 6.07. The smallest absolute Gasteiger partial charge is 0.171 e. The number of rotatable bonds is 4. The van der Waals surface area contributed by atoms with Crippen molar-refractivity contribution in [3.8, 4) is 0 Å². The number of hydrogen-bond donors (Lipinski definition) is 2. The van der Waals surface area contributed by atoms with Gasteiger partial charge in [0.2, 0.25) is 0 Å². The van der Waals surface area contributed by atoms with Gasteiger partial charge in [-0.1, -0.05) is 12.1 Å². The average molecular weight is 316 g/mol. The Hall–Kier alpha value is -1.88. The van der Waals surface area contributed by atoms with Crippen LogP contribution in [-0.4, -0.2) is 14.9 Å². The van der Waals surface area contributed by atoms with Gasteiger partial charge >= 0.3 is 0 Å². The van der Waals surface area contributed by atoms with E-state index in [1.54, 1.807) is 0 Å². The molecule has 1 heterocycles. The van der Waals surface area contributed by atoms with Crippen LogP contribution < -0.4 is 10.6 Å². The maximum atomic E-state index is 5.44. The zero-order valence-corrected chi connectivity index (χ0v) is 14.7. The summed E-state index contributed by atoms with van der Waals surface area (Å²) < 4.78 is 1.95. The van der Waals surface area contributed by atoms with Gasteiger partial charge in [-0.25, -0.2) is 0 Å². The van der Waals surface area contributed by atoms with Gasteiger partial charge in [0.15, 0.2) is 5.11 Å². The van der Waals surface area contributed by atoms with Crippen molar-refractivity contribution < 1.29 is 0 Å². The lowest BCUT2D eigenvalue weighted by molar-refractivity contribution is 0.651. The SMILES string of the molecule is CCn1cc(C(C)NC(=S)Nc2cc(C)ccc2C)c(C)n1. The molecule has 4 nitrogen and oxygen atoms in total. The van der Waals surface area contributed by atoms with Crippen molar-refractivity contribution in [2.24, 2.45) is 0 Å². The van der Waals surface area contributed by atoms with Crippen LogP contribution in [0.2, 0.25) is 0 Å². The van der Waals surface area contributed by atoms with Gasteiger partial charge in [0.1, 0.15) is 0 Å². The first-order chi connectivity index (χ1) is 10.4. The normalized spacial score (nSPS) is 12.0. The van der Waals surface area contributed by atoms with E-state index >= 15 is 0 Å². The van der Waals surface area contributed by atoms with Crippen molar-refractivity contribution >= 4 is 23.0 Å². The van der Waals surface area contributed by atoms with Crippen molar-refractivity contribution in [2.75, 3.05) is 5.32 Å². The molecule has 1 aromatic heterocycles. The van der Waals surface area contributed by atoms with E-state index in [0.717, 1.165) is 17.9 Å². The zero-order chi connectivity index (χ0) is 16.3. The summed E-state index contributed by atoms with van der Waals surface area (Å²) in [5, 5.41) is 11.7. The van der Waals surface area contributed by atoms with E-state index in [2.05, 4.69) is 67.8 Å². The summed E-state index contributed by atoms with van der Waals surface area (Å²) >= 11 is 5.44. The molecule has 1 atom stereocenters. The second-order valence-electron chi connectivity index (χ2n) is 5.66. The molecule has 2 aromatic rings. The molecule has 2 rings (SSSR count). The minimum Gasteiger partial charge on any atom is -0.356 e. The third-order valence-corrected chi connectivity index (χ3v) is 3.98. The molecule has 0 fully saturated rings. The van der Waals surface area contributed by atoms with Crippen molar-refractivity contribution in [1.82, 2.24) is 15.1 Å². The standard InChI is InChI=1S/C17H24N4S/c1-6-21-10-15(14(5)20-21)13(4)18-17(22)19-16-9-11(2)7-8-12(16)3/h7-10,13H,6H2,1-5H3,(H2,18,19,22). The molecule has 0 amide bonds. The molecule has 0 spiro atoms. The van der Waals surface area contributed by atoms with E-state index in [1.165, 1.54) is 16.7 Å². The number of aromatic nitrogens is 2. The quantitative estimate of drug-likeness (QED) is 0.840. The Morgan fingerprint density at radius 1 is 1.32 bits per heavy atom. The molecule has 5 heteroatoms. The minimum absolute atomic E-state index is 0.116. The van der Waals surface area contributed by atoms with E-state index in [4.69, 9.17) is 12.2 Å². The minimum atomic E-state index is 0.116. The summed E-state index contributed by atoms with van der Waals surface area (Å²) in [4.78, 5) is 0. The lowest BCUT2D eigenvalue weighted by atomic mass is 10.1. The Labute approximate surface area is 137 Å². The predicted molar refractivity (Wildman–Crippen MR) is 96.3 cm³/mol. The van der Waals surface area contributed by atoms with Gasteiger partial charge < -0.3 is 10.6 Å². The van der Waals surface area contributed by atoms with Crippen LogP contribution in [0.15, 0.2) is 24.4 Å². The number of anilines is 1. The number of aryl methyl sites for hydroxylation is 4. The number of hydrogen-bond acceptors (Lipinski definition) is 2. The highest BCUT2D eigenvalue weighted by Gasteiger charge is 2.13. The van der Waals surface area contributed by atoms with Crippen LogP contribution in [0, 0.1) is 20.8 Å². The summed E-state index contributed by atoms with van der Waals surface area (Å²) in [6.07, 6.45) is 2.08. The highest BCUT2D eigenvalue weighted by atomic mass is 32.1. The molecule has 1 unspecified atom stereocenters. The Bertz CT molecular complexity index is 675. The summed E-state index contributed by atoms with van der Waals surface area (Å²) in [6, 6.07) is 6.42. The van der Waals surface area contributed by atoms with Gasteiger partial charge in [0.25, 0.3) is 0 Å². The van der Waals surface area contributed by atoms with E-state index in [-0.39, 0.29) is 6.04 Å². The first-order valence-electron chi connectivity index (χ1n) is 7.59. The summed E-state index contributed by atoms with van der Waals surface area (Å²) in [5.74, 6) is 0. The van der Waals surface area contributed by atoms with Gasteiger partial charge in [-0.3, -0.25) is 4.68 Å². The fourth-order valence-electron chi connectivity index (χ4n) is 2.42. The predicted octanol–water partition coefficient (Wildman–Crippen LogP) is 3.88. The number of nitrogens with one attached hydrogen (secondary N) is 2. The topological polar surface area (TPSA) is 41.9 Å². The van der Waals surface area contributed by atoms with Gasteiger partial charge in [-0.15, -0.1) is 0 Å². The third-order valence-electron chi connectivity index (χ3n) is 3.76. The molecule has 1 aromatic carbocycles. The molecule has 0 radical (unpaired) electrons. The van der Waals surface area contributed by atoms with Gasteiger partial charge in [-0.05, 0) is 64.0 Å². The third kappa shape index (κ3) is 3.85. The molecular weight excluding hydrogens is 292 g/mol.